The molecule has 7 aliphatic heterocycles. The topological polar surface area (TPSA) is 170 Å². The van der Waals surface area contributed by atoms with Crippen LogP contribution in [0.3, 0.4) is 0 Å². The lowest BCUT2D eigenvalue weighted by Crippen LogP contribution is -2.60. The molecule has 5 bridgehead atoms. The summed E-state index contributed by atoms with van der Waals surface area (Å²) in [6.07, 6.45) is 7.22. The van der Waals surface area contributed by atoms with Gasteiger partial charge in [0.15, 0.2) is 17.7 Å². The minimum absolute atomic E-state index is 0.0206. The minimum atomic E-state index is -1.85. The smallest absolute Gasteiger partial charge is 0.331 e. The first-order chi connectivity index (χ1) is 23.6. The molecule has 4 saturated heterocycles. The van der Waals surface area contributed by atoms with E-state index in [4.69, 9.17) is 23.7 Å². The zero-order valence-electron chi connectivity index (χ0n) is 30.2. The van der Waals surface area contributed by atoms with Gasteiger partial charge in [0.2, 0.25) is 5.91 Å². The number of hydrogen-bond acceptors (Lipinski definition) is 11. The molecule has 7 aliphatic rings. The van der Waals surface area contributed by atoms with Crippen LogP contribution in [0.1, 0.15) is 106 Å². The van der Waals surface area contributed by atoms with Crippen LogP contribution in [0.5, 0.6) is 0 Å². The lowest BCUT2D eigenvalue weighted by molar-refractivity contribution is -0.344. The van der Waals surface area contributed by atoms with Crippen molar-refractivity contribution in [2.45, 2.75) is 165 Å². The van der Waals surface area contributed by atoms with Crippen molar-refractivity contribution in [2.75, 3.05) is 0 Å². The number of nitrogens with one attached hydrogen (secondary N) is 1. The van der Waals surface area contributed by atoms with Crippen LogP contribution < -0.4 is 5.32 Å². The zero-order chi connectivity index (χ0) is 36.4. The van der Waals surface area contributed by atoms with Gasteiger partial charge in [0.25, 0.3) is 0 Å². The number of ketones is 2. The number of esters is 1. The number of epoxide rings is 1. The summed E-state index contributed by atoms with van der Waals surface area (Å²) in [4.78, 5) is 51.8. The summed E-state index contributed by atoms with van der Waals surface area (Å²) in [5.74, 6) is -2.95. The van der Waals surface area contributed by atoms with Crippen molar-refractivity contribution in [2.24, 2.45) is 11.8 Å². The highest BCUT2D eigenvalue weighted by Crippen LogP contribution is 2.52. The molecule has 50 heavy (non-hydrogen) atoms. The number of aliphatic hydroxyl groups excluding tert-OH is 1. The number of Topliss-reactive ketones (excluding diaryl/α,β-unsaturated/α-hetero) is 2. The Morgan fingerprint density at radius 3 is 2.52 bits per heavy atom. The maximum absolute atomic E-state index is 13.5. The Hall–Kier alpha value is -2.74. The third-order valence-electron chi connectivity index (χ3n) is 11.3. The van der Waals surface area contributed by atoms with E-state index in [1.807, 2.05) is 13.8 Å². The van der Waals surface area contributed by atoms with Gasteiger partial charge in [0.05, 0.1) is 23.9 Å². The van der Waals surface area contributed by atoms with E-state index in [1.165, 1.54) is 20.0 Å². The molecule has 12 atom stereocenters. The molecule has 0 saturated carbocycles. The van der Waals surface area contributed by atoms with Gasteiger partial charge in [-0.15, -0.1) is 0 Å². The van der Waals surface area contributed by atoms with Crippen LogP contribution in [0.15, 0.2) is 36.1 Å². The Morgan fingerprint density at radius 1 is 1.02 bits per heavy atom. The fraction of sp³-hybridized carbons (Fsp3) is 0.737. The van der Waals surface area contributed by atoms with Crippen LogP contribution in [-0.4, -0.2) is 93.4 Å². The molecule has 0 radical (unpaired) electrons. The number of aliphatic hydroxyl groups is 2. The van der Waals surface area contributed by atoms with Gasteiger partial charge in [-0.25, -0.2) is 4.79 Å². The quantitative estimate of drug-likeness (QED) is 0.209. The Bertz CT molecular complexity index is 1390. The molecule has 0 aromatic heterocycles. The Labute approximate surface area is 294 Å². The lowest BCUT2D eigenvalue weighted by atomic mass is 9.78. The van der Waals surface area contributed by atoms with E-state index >= 15 is 0 Å². The highest BCUT2D eigenvalue weighted by atomic mass is 16.7. The lowest BCUT2D eigenvalue weighted by Gasteiger charge is -2.53. The summed E-state index contributed by atoms with van der Waals surface area (Å²) in [5.41, 5.74) is -2.31. The van der Waals surface area contributed by atoms with E-state index in [9.17, 15) is 29.4 Å². The second-order valence-corrected chi connectivity index (χ2v) is 15.3. The van der Waals surface area contributed by atoms with Crippen molar-refractivity contribution in [1.82, 2.24) is 5.32 Å². The van der Waals surface area contributed by atoms with Crippen LogP contribution in [0.2, 0.25) is 0 Å². The normalized spacial score (nSPS) is 44.0. The first-order valence-corrected chi connectivity index (χ1v) is 18.2. The molecule has 0 aromatic carbocycles. The van der Waals surface area contributed by atoms with Crippen molar-refractivity contribution >= 4 is 23.4 Å². The fourth-order valence-corrected chi connectivity index (χ4v) is 7.79. The Balaban J connectivity index is 1.36. The molecule has 278 valence electrons. The van der Waals surface area contributed by atoms with Crippen molar-refractivity contribution in [3.8, 4) is 0 Å². The SMILES string of the molecule is CCCC(=O)N/C=C\C=C\CC1OC(=O)/C=C(\C)[C@@](C)(O)[C@H](O)[C@H]2OC2C2CC[C@H]3OC4(CCC3(C)O2)O[C@@H](CC(=O)[C@@H](C)CC1=O)C[C@@H]4C. The number of allylic oxidation sites excluding steroid dienone is 2. The number of carbonyl (C=O) groups excluding carboxylic acids is 4. The van der Waals surface area contributed by atoms with Gasteiger partial charge >= 0.3 is 5.97 Å². The largest absolute Gasteiger partial charge is 0.451 e. The summed E-state index contributed by atoms with van der Waals surface area (Å²) in [5, 5.41) is 25.3. The molecule has 4 fully saturated rings. The second kappa shape index (κ2) is 15.5. The van der Waals surface area contributed by atoms with Gasteiger partial charge in [-0.2, -0.15) is 0 Å². The molecule has 1 spiro atoms. The van der Waals surface area contributed by atoms with Crippen molar-refractivity contribution in [3.05, 3.63) is 36.1 Å². The summed E-state index contributed by atoms with van der Waals surface area (Å²) in [6.45, 7) is 10.6. The van der Waals surface area contributed by atoms with Crippen LogP contribution in [0, 0.1) is 11.8 Å². The van der Waals surface area contributed by atoms with Crippen LogP contribution in [-0.2, 0) is 42.9 Å². The molecule has 1 amide bonds. The van der Waals surface area contributed by atoms with Gasteiger partial charge in [-0.1, -0.05) is 32.9 Å². The summed E-state index contributed by atoms with van der Waals surface area (Å²) in [7, 11) is 0. The van der Waals surface area contributed by atoms with E-state index in [0.29, 0.717) is 38.5 Å². The number of fused-ring (bicyclic) bond motifs is 2. The monoisotopic (exact) mass is 701 g/mol. The molecular weight excluding hydrogens is 646 g/mol. The highest BCUT2D eigenvalue weighted by Gasteiger charge is 2.61. The van der Waals surface area contributed by atoms with E-state index in [0.717, 1.165) is 12.5 Å². The number of hydrogen-bond donors (Lipinski definition) is 3. The molecule has 5 unspecified atom stereocenters. The van der Waals surface area contributed by atoms with E-state index in [-0.39, 0.29) is 60.8 Å². The summed E-state index contributed by atoms with van der Waals surface area (Å²) in [6, 6.07) is 0. The van der Waals surface area contributed by atoms with Crippen molar-refractivity contribution in [1.29, 1.82) is 0 Å². The van der Waals surface area contributed by atoms with Crippen LogP contribution >= 0.6 is 0 Å². The minimum Gasteiger partial charge on any atom is -0.451 e. The molecule has 0 aliphatic carbocycles. The van der Waals surface area contributed by atoms with Gasteiger partial charge in [0, 0.05) is 56.2 Å². The van der Waals surface area contributed by atoms with Crippen LogP contribution in [0.4, 0.5) is 0 Å². The van der Waals surface area contributed by atoms with E-state index in [2.05, 4.69) is 12.2 Å². The molecule has 0 aromatic rings. The average molecular weight is 702 g/mol. The maximum atomic E-state index is 13.5. The zero-order valence-corrected chi connectivity index (χ0v) is 30.2. The molecule has 12 heteroatoms. The molecule has 3 N–H and O–H groups in total. The predicted molar refractivity (Wildman–Crippen MR) is 181 cm³/mol. The standard InChI is InChI=1S/C38H55NO11/c1-7-11-31(42)39-17-10-8-9-12-28-27(41)18-22(2)26(40)21-25-19-24(4)38(48-25)16-15-36(5)30(50-38)14-13-29(49-36)33-34(47-33)35(44)37(6,45)23(3)20-32(43)46-28/h8-10,17,20,22,24-25,28-30,33-35,44-45H,7,11-16,18-19,21H2,1-6H3,(H,39,42)/b9-8+,17-10-,23-20+/t22-,24-,25+,28?,29?,30+,33?,34-,35+,36?,37+,38?/m0/s1. The Kier molecular flexibility index (Phi) is 11.9. The predicted octanol–water partition coefficient (Wildman–Crippen LogP) is 3.91. The fourth-order valence-electron chi connectivity index (χ4n) is 7.79. The Morgan fingerprint density at radius 2 is 1.78 bits per heavy atom. The van der Waals surface area contributed by atoms with E-state index < -0.39 is 59.1 Å². The highest BCUT2D eigenvalue weighted by molar-refractivity contribution is 5.92. The summed E-state index contributed by atoms with van der Waals surface area (Å²) < 4.78 is 31.4. The van der Waals surface area contributed by atoms with Gasteiger partial charge in [-0.05, 0) is 64.5 Å². The summed E-state index contributed by atoms with van der Waals surface area (Å²) >= 11 is 0. The number of ether oxygens (including phenoxy) is 5. The molecule has 12 nitrogen and oxygen atoms in total. The molecule has 7 heterocycles. The third-order valence-corrected chi connectivity index (χ3v) is 11.3. The van der Waals surface area contributed by atoms with E-state index in [1.54, 1.807) is 25.2 Å². The van der Waals surface area contributed by atoms with Gasteiger partial charge in [-0.3, -0.25) is 14.4 Å². The van der Waals surface area contributed by atoms with Crippen LogP contribution in [0.25, 0.3) is 0 Å². The number of rotatable bonds is 6. The van der Waals surface area contributed by atoms with Crippen molar-refractivity contribution in [3.63, 3.8) is 0 Å². The molecule has 7 rings (SSSR count). The maximum Gasteiger partial charge on any atom is 0.331 e. The third kappa shape index (κ3) is 8.48. The molecular formula is C38H55NO11. The second-order valence-electron chi connectivity index (χ2n) is 15.3. The average Bonchev–Trinajstić information content (AvgIpc) is 3.79. The number of carbonyl (C=O) groups is 4. The first kappa shape index (κ1) is 38.5. The number of amides is 1. The van der Waals surface area contributed by atoms with Gasteiger partial charge in [0.1, 0.15) is 29.7 Å². The van der Waals surface area contributed by atoms with Crippen molar-refractivity contribution < 1.29 is 53.1 Å². The van der Waals surface area contributed by atoms with Gasteiger partial charge < -0.3 is 39.2 Å². The first-order valence-electron chi connectivity index (χ1n) is 18.2.